The lowest BCUT2D eigenvalue weighted by molar-refractivity contribution is 1.30. The first-order valence-electron chi connectivity index (χ1n) is 14.3. The zero-order valence-electron chi connectivity index (χ0n) is 22.9. The zero-order valence-corrected chi connectivity index (χ0v) is 23.8. The van der Waals surface area contributed by atoms with Gasteiger partial charge >= 0.3 is 0 Å². The van der Waals surface area contributed by atoms with Gasteiger partial charge in [-0.3, -0.25) is 0 Å². The fraction of sp³-hybridized carbons (Fsp3) is 0. The van der Waals surface area contributed by atoms with E-state index in [2.05, 4.69) is 169 Å². The number of hydrogen-bond acceptors (Lipinski definition) is 2. The zero-order chi connectivity index (χ0) is 27.9. The Hall–Kier alpha value is -5.18. The average molecular weight is 554 g/mol. The molecule has 0 amide bonds. The third-order valence-electron chi connectivity index (χ3n) is 8.07. The molecule has 0 unspecified atom stereocenters. The van der Waals surface area contributed by atoms with Crippen molar-refractivity contribution in [3.63, 3.8) is 0 Å². The van der Waals surface area contributed by atoms with E-state index in [0.29, 0.717) is 0 Å². The van der Waals surface area contributed by atoms with E-state index < -0.39 is 0 Å². The van der Waals surface area contributed by atoms with Crippen LogP contribution in [-0.4, -0.2) is 0 Å². The molecule has 0 fully saturated rings. The Morgan fingerprint density at radius 2 is 0.952 bits per heavy atom. The highest BCUT2D eigenvalue weighted by atomic mass is 32.1. The van der Waals surface area contributed by atoms with Crippen LogP contribution < -0.4 is 4.90 Å². The molecule has 0 aliphatic carbocycles. The second-order valence-electron chi connectivity index (χ2n) is 10.6. The topological polar surface area (TPSA) is 3.24 Å². The molecule has 2 heteroatoms. The molecular formula is C40H27NS. The summed E-state index contributed by atoms with van der Waals surface area (Å²) < 4.78 is 2.65. The Balaban J connectivity index is 1.24. The van der Waals surface area contributed by atoms with Crippen LogP contribution in [0.25, 0.3) is 53.2 Å². The van der Waals surface area contributed by atoms with Gasteiger partial charge in [0.25, 0.3) is 0 Å². The van der Waals surface area contributed by atoms with E-state index in [0.717, 1.165) is 11.4 Å². The third-order valence-corrected chi connectivity index (χ3v) is 9.28. The molecule has 0 saturated heterocycles. The van der Waals surface area contributed by atoms with E-state index in [1.807, 2.05) is 11.3 Å². The molecule has 0 spiro atoms. The molecule has 0 aliphatic rings. The van der Waals surface area contributed by atoms with Crippen LogP contribution >= 0.6 is 11.3 Å². The Morgan fingerprint density at radius 3 is 1.67 bits per heavy atom. The first-order valence-corrected chi connectivity index (χ1v) is 15.1. The summed E-state index contributed by atoms with van der Waals surface area (Å²) in [4.78, 5) is 2.39. The molecular weight excluding hydrogens is 527 g/mol. The summed E-state index contributed by atoms with van der Waals surface area (Å²) >= 11 is 1.89. The van der Waals surface area contributed by atoms with Crippen molar-refractivity contribution in [2.45, 2.75) is 0 Å². The van der Waals surface area contributed by atoms with Gasteiger partial charge in [-0.1, -0.05) is 127 Å². The number of para-hydroxylation sites is 1. The normalized spacial score (nSPS) is 11.3. The standard InChI is InChI=1S/C40H27NS/c1-3-10-28(11-4-1)29-18-20-30(21-19-29)31-22-25-34(26-23-31)41(33-13-5-2-6-14-33)37-16-9-17-38-39(37)36-27-24-32-12-7-8-15-35(32)40(36)42-38/h1-27H. The minimum atomic E-state index is 1.14. The van der Waals surface area contributed by atoms with Crippen LogP contribution in [-0.2, 0) is 0 Å². The monoisotopic (exact) mass is 553 g/mol. The predicted octanol–water partition coefficient (Wildman–Crippen LogP) is 12.0. The maximum Gasteiger partial charge on any atom is 0.0554 e. The number of anilines is 3. The molecule has 0 radical (unpaired) electrons. The van der Waals surface area contributed by atoms with Crippen LogP contribution in [0.5, 0.6) is 0 Å². The first kappa shape index (κ1) is 24.6. The maximum absolute atomic E-state index is 2.39. The molecule has 7 aromatic carbocycles. The molecule has 0 bridgehead atoms. The predicted molar refractivity (Wildman–Crippen MR) is 182 cm³/mol. The number of thiophene rings is 1. The number of rotatable bonds is 5. The number of benzene rings is 7. The lowest BCUT2D eigenvalue weighted by atomic mass is 10.00. The van der Waals surface area contributed by atoms with Gasteiger partial charge < -0.3 is 4.90 Å². The lowest BCUT2D eigenvalue weighted by Crippen LogP contribution is -2.10. The van der Waals surface area contributed by atoms with E-state index in [1.54, 1.807) is 0 Å². The van der Waals surface area contributed by atoms with E-state index in [4.69, 9.17) is 0 Å². The average Bonchev–Trinajstić information content (AvgIpc) is 3.46. The van der Waals surface area contributed by atoms with Crippen molar-refractivity contribution in [2.75, 3.05) is 4.90 Å². The molecule has 0 aliphatic heterocycles. The minimum absolute atomic E-state index is 1.14. The van der Waals surface area contributed by atoms with Gasteiger partial charge in [0.2, 0.25) is 0 Å². The minimum Gasteiger partial charge on any atom is -0.310 e. The molecule has 1 nitrogen and oxygen atoms in total. The molecule has 8 aromatic rings. The third kappa shape index (κ3) is 4.25. The first-order chi connectivity index (χ1) is 20.8. The fourth-order valence-corrected chi connectivity index (χ4v) is 7.27. The Morgan fingerprint density at radius 1 is 0.381 bits per heavy atom. The van der Waals surface area contributed by atoms with Crippen molar-refractivity contribution < 1.29 is 0 Å². The molecule has 0 N–H and O–H groups in total. The Kier molecular flexibility index (Phi) is 6.05. The van der Waals surface area contributed by atoms with E-state index in [-0.39, 0.29) is 0 Å². The highest BCUT2D eigenvalue weighted by molar-refractivity contribution is 7.26. The SMILES string of the molecule is c1ccc(-c2ccc(-c3ccc(N(c4ccccc4)c4cccc5sc6c7ccccc7ccc6c45)cc3)cc2)cc1. The molecule has 0 atom stereocenters. The van der Waals surface area contributed by atoms with Crippen molar-refractivity contribution in [2.24, 2.45) is 0 Å². The summed E-state index contributed by atoms with van der Waals surface area (Å²) in [7, 11) is 0. The van der Waals surface area contributed by atoms with E-state index in [9.17, 15) is 0 Å². The van der Waals surface area contributed by atoms with Crippen molar-refractivity contribution in [3.05, 3.63) is 164 Å². The van der Waals surface area contributed by atoms with Crippen LogP contribution in [0.1, 0.15) is 0 Å². The van der Waals surface area contributed by atoms with Crippen LogP contribution in [0.15, 0.2) is 164 Å². The van der Waals surface area contributed by atoms with Gasteiger partial charge in [-0.2, -0.15) is 0 Å². The fourth-order valence-electron chi connectivity index (χ4n) is 6.01. The summed E-state index contributed by atoms with van der Waals surface area (Å²) in [5.74, 6) is 0. The van der Waals surface area contributed by atoms with Crippen LogP contribution in [0.3, 0.4) is 0 Å². The molecule has 1 heterocycles. The summed E-state index contributed by atoms with van der Waals surface area (Å²) in [5, 5.41) is 5.20. The summed E-state index contributed by atoms with van der Waals surface area (Å²) in [6.07, 6.45) is 0. The molecule has 0 saturated carbocycles. The molecule has 1 aromatic heterocycles. The molecule has 198 valence electrons. The number of hydrogen-bond donors (Lipinski definition) is 0. The highest BCUT2D eigenvalue weighted by Gasteiger charge is 2.19. The smallest absolute Gasteiger partial charge is 0.0554 e. The second kappa shape index (κ2) is 10.3. The van der Waals surface area contributed by atoms with E-state index >= 15 is 0 Å². The van der Waals surface area contributed by atoms with Gasteiger partial charge in [0, 0.05) is 31.5 Å². The van der Waals surface area contributed by atoms with E-state index in [1.165, 1.54) is 58.9 Å². The maximum atomic E-state index is 2.39. The second-order valence-corrected chi connectivity index (χ2v) is 11.6. The molecule has 42 heavy (non-hydrogen) atoms. The van der Waals surface area contributed by atoms with Crippen LogP contribution in [0.4, 0.5) is 17.1 Å². The van der Waals surface area contributed by atoms with Gasteiger partial charge in [-0.05, 0) is 69.4 Å². The summed E-state index contributed by atoms with van der Waals surface area (Å²) in [6.45, 7) is 0. The lowest BCUT2D eigenvalue weighted by Gasteiger charge is -2.26. The van der Waals surface area contributed by atoms with Gasteiger partial charge in [-0.25, -0.2) is 0 Å². The highest BCUT2D eigenvalue weighted by Crippen LogP contribution is 2.46. The molecule has 8 rings (SSSR count). The van der Waals surface area contributed by atoms with Crippen molar-refractivity contribution in [1.82, 2.24) is 0 Å². The summed E-state index contributed by atoms with van der Waals surface area (Å²) in [5.41, 5.74) is 8.36. The summed E-state index contributed by atoms with van der Waals surface area (Å²) in [6, 6.07) is 59.0. The largest absolute Gasteiger partial charge is 0.310 e. The number of nitrogens with zero attached hydrogens (tertiary/aromatic N) is 1. The number of fused-ring (bicyclic) bond motifs is 5. The van der Waals surface area contributed by atoms with Crippen LogP contribution in [0, 0.1) is 0 Å². The Bertz CT molecular complexity index is 2160. The van der Waals surface area contributed by atoms with Gasteiger partial charge in [0.1, 0.15) is 0 Å². The quantitative estimate of drug-likeness (QED) is 0.205. The van der Waals surface area contributed by atoms with Crippen molar-refractivity contribution in [1.29, 1.82) is 0 Å². The van der Waals surface area contributed by atoms with Crippen molar-refractivity contribution >= 4 is 59.3 Å². The van der Waals surface area contributed by atoms with Crippen LogP contribution in [0.2, 0.25) is 0 Å². The van der Waals surface area contributed by atoms with Gasteiger partial charge in [0.15, 0.2) is 0 Å². The van der Waals surface area contributed by atoms with Gasteiger partial charge in [0.05, 0.1) is 5.69 Å². The van der Waals surface area contributed by atoms with Gasteiger partial charge in [-0.15, -0.1) is 11.3 Å². The van der Waals surface area contributed by atoms with Crippen molar-refractivity contribution in [3.8, 4) is 22.3 Å². The Labute approximate surface area is 249 Å².